The Kier molecular flexibility index (Phi) is 9.23. The number of anilines is 1. The third kappa shape index (κ3) is 7.84. The normalized spacial score (nSPS) is 15.3. The average molecular weight is 623 g/mol. The lowest BCUT2D eigenvalue weighted by atomic mass is 9.92. The van der Waals surface area contributed by atoms with Gasteiger partial charge in [-0.05, 0) is 92.6 Å². The number of nitrogens with zero attached hydrogens (tertiary/aromatic N) is 2. The maximum Gasteiger partial charge on any atom is 0.410 e. The van der Waals surface area contributed by atoms with Crippen LogP contribution in [0.25, 0.3) is 5.57 Å². The second-order valence-electron chi connectivity index (χ2n) is 12.0. The van der Waals surface area contributed by atoms with Crippen molar-refractivity contribution in [3.63, 3.8) is 0 Å². The summed E-state index contributed by atoms with van der Waals surface area (Å²) in [5.41, 5.74) is 10.00. The Hall–Kier alpha value is -3.68. The van der Waals surface area contributed by atoms with Crippen molar-refractivity contribution in [1.29, 1.82) is 0 Å². The van der Waals surface area contributed by atoms with Crippen molar-refractivity contribution in [2.45, 2.75) is 64.8 Å². The number of nitrogen functional groups attached to an aromatic ring is 1. The Morgan fingerprint density at radius 2 is 1.74 bits per heavy atom. The third-order valence-electron chi connectivity index (χ3n) is 7.44. The van der Waals surface area contributed by atoms with Gasteiger partial charge in [-0.25, -0.2) is 4.79 Å². The summed E-state index contributed by atoms with van der Waals surface area (Å²) in [6, 6.07) is 20.9. The molecule has 1 fully saturated rings. The van der Waals surface area contributed by atoms with Crippen LogP contribution in [0.15, 0.2) is 72.3 Å². The summed E-state index contributed by atoms with van der Waals surface area (Å²) in [7, 11) is 0. The zero-order chi connectivity index (χ0) is 30.7. The highest BCUT2D eigenvalue weighted by atomic mass is 35.5. The highest BCUT2D eigenvalue weighted by molar-refractivity contribution is 6.42. The van der Waals surface area contributed by atoms with Crippen LogP contribution in [-0.2, 0) is 22.7 Å². The largest absolute Gasteiger partial charge is 0.489 e. The summed E-state index contributed by atoms with van der Waals surface area (Å²) in [5.74, 6) is 0.572. The minimum Gasteiger partial charge on any atom is -0.489 e. The van der Waals surface area contributed by atoms with Crippen molar-refractivity contribution in [1.82, 2.24) is 9.80 Å². The van der Waals surface area contributed by atoms with Gasteiger partial charge in [0.05, 0.1) is 16.6 Å². The molecule has 2 aliphatic rings. The van der Waals surface area contributed by atoms with Crippen LogP contribution in [0.2, 0.25) is 10.0 Å². The monoisotopic (exact) mass is 621 g/mol. The van der Waals surface area contributed by atoms with E-state index in [0.29, 0.717) is 53.2 Å². The van der Waals surface area contributed by atoms with E-state index in [-0.39, 0.29) is 18.5 Å². The number of carbonyl (C=O) groups excluding carboxylic acids is 2. The van der Waals surface area contributed by atoms with Gasteiger partial charge in [0.25, 0.3) is 5.91 Å². The van der Waals surface area contributed by atoms with E-state index in [2.05, 4.69) is 0 Å². The van der Waals surface area contributed by atoms with E-state index in [1.807, 2.05) is 86.3 Å². The van der Waals surface area contributed by atoms with Crippen molar-refractivity contribution in [2.24, 2.45) is 0 Å². The molecule has 0 aromatic heterocycles. The minimum absolute atomic E-state index is 0.0998. The first kappa shape index (κ1) is 30.8. The lowest BCUT2D eigenvalue weighted by Crippen LogP contribution is -2.44. The molecule has 226 valence electrons. The van der Waals surface area contributed by atoms with Crippen molar-refractivity contribution in [3.05, 3.63) is 99.0 Å². The topological polar surface area (TPSA) is 85.1 Å². The molecule has 0 unspecified atom stereocenters. The molecule has 2 N–H and O–H groups in total. The molecule has 0 bridgehead atoms. The van der Waals surface area contributed by atoms with E-state index in [0.717, 1.165) is 35.1 Å². The van der Waals surface area contributed by atoms with Crippen LogP contribution in [0.1, 0.15) is 56.7 Å². The van der Waals surface area contributed by atoms with Crippen LogP contribution >= 0.6 is 23.2 Å². The van der Waals surface area contributed by atoms with Gasteiger partial charge in [0.1, 0.15) is 18.0 Å². The molecule has 9 heteroatoms. The first-order valence-electron chi connectivity index (χ1n) is 14.5. The van der Waals surface area contributed by atoms with Crippen LogP contribution in [0.5, 0.6) is 5.75 Å². The van der Waals surface area contributed by atoms with Crippen LogP contribution in [0.3, 0.4) is 0 Å². The number of ether oxygens (including phenoxy) is 2. The first-order chi connectivity index (χ1) is 20.5. The van der Waals surface area contributed by atoms with Gasteiger partial charge in [-0.3, -0.25) is 4.79 Å². The van der Waals surface area contributed by atoms with Gasteiger partial charge in [-0.2, -0.15) is 0 Å². The molecule has 0 saturated heterocycles. The number of nitrogens with two attached hydrogens (primary N) is 1. The van der Waals surface area contributed by atoms with Crippen molar-refractivity contribution in [3.8, 4) is 5.75 Å². The Morgan fingerprint density at radius 3 is 2.44 bits per heavy atom. The molecular weight excluding hydrogens is 585 g/mol. The fourth-order valence-corrected chi connectivity index (χ4v) is 5.47. The zero-order valence-electron chi connectivity index (χ0n) is 24.7. The predicted molar refractivity (Wildman–Crippen MR) is 171 cm³/mol. The fraction of sp³-hybridized carbons (Fsp3) is 0.353. The van der Waals surface area contributed by atoms with Crippen molar-refractivity contribution >= 4 is 46.5 Å². The molecule has 2 amide bonds. The van der Waals surface area contributed by atoms with Crippen LogP contribution < -0.4 is 10.5 Å². The van der Waals surface area contributed by atoms with E-state index < -0.39 is 11.7 Å². The summed E-state index contributed by atoms with van der Waals surface area (Å²) >= 11 is 12.8. The van der Waals surface area contributed by atoms with E-state index in [4.69, 9.17) is 38.4 Å². The fourth-order valence-electron chi connectivity index (χ4n) is 5.10. The van der Waals surface area contributed by atoms with Gasteiger partial charge >= 0.3 is 6.09 Å². The van der Waals surface area contributed by atoms with Gasteiger partial charge < -0.3 is 25.0 Å². The maximum atomic E-state index is 14.4. The predicted octanol–water partition coefficient (Wildman–Crippen LogP) is 7.74. The average Bonchev–Trinajstić information content (AvgIpc) is 3.82. The highest BCUT2D eigenvalue weighted by Crippen LogP contribution is 2.37. The molecule has 1 heterocycles. The van der Waals surface area contributed by atoms with E-state index >= 15 is 0 Å². The second kappa shape index (κ2) is 12.9. The molecular formula is C34H37Cl2N3O4. The molecule has 1 aliphatic heterocycles. The molecule has 0 atom stereocenters. The number of rotatable bonds is 8. The Balaban J connectivity index is 1.46. The molecule has 3 aromatic rings. The number of hydrogen-bond donors (Lipinski definition) is 1. The number of amides is 2. The summed E-state index contributed by atoms with van der Waals surface area (Å²) in [5, 5.41) is 0.897. The molecule has 43 heavy (non-hydrogen) atoms. The quantitative estimate of drug-likeness (QED) is 0.260. The standard InChI is InChI=1S/C34H37Cl2N3O4/c1-34(2,3)43-33(41)38-17-16-28(23-6-4-8-27(18-23)42-21-22-10-12-25(37)13-11-22)29(20-38)32(40)39(26-14-15-26)19-24-7-5-9-30(35)31(24)36/h4-13,18,26H,14-17,19-21,37H2,1-3H3. The molecule has 3 aromatic carbocycles. The van der Waals surface area contributed by atoms with Crippen molar-refractivity contribution in [2.75, 3.05) is 18.8 Å². The molecule has 1 aliphatic carbocycles. The lowest BCUT2D eigenvalue weighted by molar-refractivity contribution is -0.128. The number of benzene rings is 3. The summed E-state index contributed by atoms with van der Waals surface area (Å²) in [4.78, 5) is 31.0. The number of halogens is 2. The van der Waals surface area contributed by atoms with Crippen LogP contribution in [-0.4, -0.2) is 46.5 Å². The first-order valence-corrected chi connectivity index (χ1v) is 15.3. The molecule has 5 rings (SSSR count). The zero-order valence-corrected chi connectivity index (χ0v) is 26.3. The smallest absolute Gasteiger partial charge is 0.410 e. The third-order valence-corrected chi connectivity index (χ3v) is 8.30. The lowest BCUT2D eigenvalue weighted by Gasteiger charge is -2.34. The highest BCUT2D eigenvalue weighted by Gasteiger charge is 2.38. The van der Waals surface area contributed by atoms with E-state index in [1.165, 1.54) is 0 Å². The Morgan fingerprint density at radius 1 is 1.02 bits per heavy atom. The van der Waals surface area contributed by atoms with Gasteiger partial charge in [-0.1, -0.05) is 59.6 Å². The molecule has 1 saturated carbocycles. The van der Waals surface area contributed by atoms with Gasteiger partial charge in [-0.15, -0.1) is 0 Å². The summed E-state index contributed by atoms with van der Waals surface area (Å²) < 4.78 is 11.8. The van der Waals surface area contributed by atoms with Crippen LogP contribution in [0.4, 0.5) is 10.5 Å². The van der Waals surface area contributed by atoms with Gasteiger partial charge in [0.15, 0.2) is 0 Å². The molecule has 7 nitrogen and oxygen atoms in total. The number of hydrogen-bond acceptors (Lipinski definition) is 5. The van der Waals surface area contributed by atoms with Gasteiger partial charge in [0.2, 0.25) is 0 Å². The summed E-state index contributed by atoms with van der Waals surface area (Å²) in [6.45, 7) is 6.80. The molecule has 0 radical (unpaired) electrons. The SMILES string of the molecule is CC(C)(C)OC(=O)N1CCC(c2cccc(OCc3ccc(N)cc3)c2)=C(C(=O)N(Cc2cccc(Cl)c2Cl)C2CC2)C1. The Bertz CT molecular complexity index is 1530. The minimum atomic E-state index is -0.648. The van der Waals surface area contributed by atoms with Gasteiger partial charge in [0, 0.05) is 30.4 Å². The number of carbonyl (C=O) groups is 2. The van der Waals surface area contributed by atoms with E-state index in [1.54, 1.807) is 11.0 Å². The second-order valence-corrected chi connectivity index (χ2v) is 12.8. The molecule has 0 spiro atoms. The summed E-state index contributed by atoms with van der Waals surface area (Å²) in [6.07, 6.45) is 1.89. The van der Waals surface area contributed by atoms with Crippen LogP contribution in [0, 0.1) is 0 Å². The Labute approximate surface area is 263 Å². The van der Waals surface area contributed by atoms with E-state index in [9.17, 15) is 9.59 Å². The van der Waals surface area contributed by atoms with Crippen molar-refractivity contribution < 1.29 is 19.1 Å². The maximum absolute atomic E-state index is 14.4.